The number of nitrogens with zero attached hydrogens (tertiary/aromatic N) is 3. The first-order chi connectivity index (χ1) is 13.2. The molecule has 2 aliphatic rings. The first-order valence-corrected chi connectivity index (χ1v) is 10.4. The summed E-state index contributed by atoms with van der Waals surface area (Å²) < 4.78 is 11.9. The number of pyridine rings is 1. The van der Waals surface area contributed by atoms with Gasteiger partial charge in [-0.15, -0.1) is 0 Å². The molecule has 2 aromatic rings. The molecule has 2 aliphatic heterocycles. The van der Waals surface area contributed by atoms with E-state index < -0.39 is 0 Å². The maximum Gasteiger partial charge on any atom is 0.323 e. The summed E-state index contributed by atoms with van der Waals surface area (Å²) in [6.45, 7) is 5.38. The van der Waals surface area contributed by atoms with Crippen LogP contribution in [0.2, 0.25) is 0 Å². The third-order valence-electron chi connectivity index (χ3n) is 5.55. The fourth-order valence-corrected chi connectivity index (χ4v) is 4.83. The molecule has 2 amide bonds. The number of carbonyl (C=O) groups excluding carboxylic acids is 1. The molecule has 146 valence electrons. The summed E-state index contributed by atoms with van der Waals surface area (Å²) >= 11 is 1.51. The fourth-order valence-electron chi connectivity index (χ4n) is 3.79. The van der Waals surface area contributed by atoms with E-state index in [4.69, 9.17) is 9.47 Å². The second-order valence-electron chi connectivity index (χ2n) is 7.41. The molecule has 0 bridgehead atoms. The molecule has 0 aliphatic carbocycles. The molecule has 4 rings (SSSR count). The molecule has 2 saturated heterocycles. The lowest BCUT2D eigenvalue weighted by Crippen LogP contribution is -2.40. The first kappa shape index (κ1) is 18.4. The number of hydrogen-bond donors (Lipinski definition) is 1. The summed E-state index contributed by atoms with van der Waals surface area (Å²) in [6.07, 6.45) is 5.97. The number of ether oxygens (including phenoxy) is 2. The normalized spacial score (nSPS) is 19.4. The molecule has 0 unspecified atom stereocenters. The van der Waals surface area contributed by atoms with Crippen LogP contribution >= 0.6 is 11.3 Å². The van der Waals surface area contributed by atoms with Crippen molar-refractivity contribution in [3.63, 3.8) is 0 Å². The molecule has 1 N–H and O–H groups in total. The van der Waals surface area contributed by atoms with Gasteiger partial charge in [-0.1, -0.05) is 18.3 Å². The number of carbonyl (C=O) groups is 1. The molecule has 0 spiro atoms. The Balaban J connectivity index is 1.59. The lowest BCUT2D eigenvalue weighted by molar-refractivity contribution is 0.0855. The zero-order chi connectivity index (χ0) is 18.8. The Morgan fingerprint density at radius 1 is 1.30 bits per heavy atom. The van der Waals surface area contributed by atoms with Crippen molar-refractivity contribution < 1.29 is 14.3 Å². The highest BCUT2D eigenvalue weighted by molar-refractivity contribution is 7.22. The number of urea groups is 1. The SMILES string of the molecule is COc1ncc(C2CCOCC2)c2sc(NC(=O)N3CCC(C)CC3)nc12. The van der Waals surface area contributed by atoms with E-state index in [1.807, 2.05) is 11.1 Å². The van der Waals surface area contributed by atoms with Gasteiger partial charge in [0.05, 0.1) is 11.8 Å². The fraction of sp³-hybridized carbons (Fsp3) is 0.632. The third-order valence-corrected chi connectivity index (χ3v) is 6.57. The molecule has 27 heavy (non-hydrogen) atoms. The topological polar surface area (TPSA) is 76.6 Å². The number of aromatic nitrogens is 2. The van der Waals surface area contributed by atoms with Gasteiger partial charge in [-0.3, -0.25) is 5.32 Å². The van der Waals surface area contributed by atoms with Crippen LogP contribution in [0.25, 0.3) is 10.2 Å². The van der Waals surface area contributed by atoms with E-state index in [-0.39, 0.29) is 6.03 Å². The van der Waals surface area contributed by atoms with Crippen LogP contribution in [0.5, 0.6) is 5.88 Å². The highest BCUT2D eigenvalue weighted by atomic mass is 32.1. The zero-order valence-corrected chi connectivity index (χ0v) is 16.7. The van der Waals surface area contributed by atoms with Crippen LogP contribution in [-0.4, -0.2) is 54.3 Å². The van der Waals surface area contributed by atoms with Gasteiger partial charge in [0.25, 0.3) is 0 Å². The highest BCUT2D eigenvalue weighted by Gasteiger charge is 2.25. The summed E-state index contributed by atoms with van der Waals surface area (Å²) in [6, 6.07) is -0.0690. The van der Waals surface area contributed by atoms with Gasteiger partial charge in [0, 0.05) is 32.5 Å². The van der Waals surface area contributed by atoms with Crippen LogP contribution in [0.3, 0.4) is 0 Å². The number of rotatable bonds is 3. The second-order valence-corrected chi connectivity index (χ2v) is 8.41. The summed E-state index contributed by atoms with van der Waals surface area (Å²) in [5.74, 6) is 1.60. The molecule has 0 atom stereocenters. The van der Waals surface area contributed by atoms with Gasteiger partial charge in [0.2, 0.25) is 5.88 Å². The Bertz CT molecular complexity index is 811. The van der Waals surface area contributed by atoms with Gasteiger partial charge >= 0.3 is 6.03 Å². The number of likely N-dealkylation sites (tertiary alicyclic amines) is 1. The van der Waals surface area contributed by atoms with Gasteiger partial charge in [-0.25, -0.2) is 14.8 Å². The van der Waals surface area contributed by atoms with Gasteiger partial charge in [-0.2, -0.15) is 0 Å². The van der Waals surface area contributed by atoms with E-state index in [0.717, 1.165) is 62.2 Å². The number of thiazole rings is 1. The van der Waals surface area contributed by atoms with Crippen molar-refractivity contribution >= 4 is 32.7 Å². The number of amides is 2. The third kappa shape index (κ3) is 3.87. The lowest BCUT2D eigenvalue weighted by Gasteiger charge is -2.29. The van der Waals surface area contributed by atoms with Crippen LogP contribution < -0.4 is 10.1 Å². The first-order valence-electron chi connectivity index (χ1n) is 9.62. The molecule has 8 heteroatoms. The summed E-state index contributed by atoms with van der Waals surface area (Å²) in [4.78, 5) is 23.6. The number of piperidine rings is 1. The maximum atomic E-state index is 12.6. The molecule has 7 nitrogen and oxygen atoms in total. The Kier molecular flexibility index (Phi) is 5.45. The van der Waals surface area contributed by atoms with E-state index in [9.17, 15) is 4.79 Å². The summed E-state index contributed by atoms with van der Waals surface area (Å²) in [5.41, 5.74) is 1.91. The molecular formula is C19H26N4O3S. The van der Waals surface area contributed by atoms with Crippen molar-refractivity contribution in [2.24, 2.45) is 5.92 Å². The average molecular weight is 391 g/mol. The van der Waals surface area contributed by atoms with Crippen LogP contribution in [0.15, 0.2) is 6.20 Å². The van der Waals surface area contributed by atoms with Crippen LogP contribution in [-0.2, 0) is 4.74 Å². The molecule has 4 heterocycles. The van der Waals surface area contributed by atoms with Gasteiger partial charge in [0.1, 0.15) is 5.52 Å². The molecule has 0 aromatic carbocycles. The number of hydrogen-bond acceptors (Lipinski definition) is 6. The number of methoxy groups -OCH3 is 1. The van der Waals surface area contributed by atoms with Crippen LogP contribution in [0.1, 0.15) is 44.1 Å². The Morgan fingerprint density at radius 2 is 2.04 bits per heavy atom. The largest absolute Gasteiger partial charge is 0.479 e. The highest BCUT2D eigenvalue weighted by Crippen LogP contribution is 2.39. The van der Waals surface area contributed by atoms with Crippen molar-refractivity contribution in [1.82, 2.24) is 14.9 Å². The van der Waals surface area contributed by atoms with E-state index in [1.54, 1.807) is 7.11 Å². The van der Waals surface area contributed by atoms with E-state index in [0.29, 0.717) is 22.8 Å². The Morgan fingerprint density at radius 3 is 2.74 bits per heavy atom. The Hall–Kier alpha value is -1.93. The van der Waals surface area contributed by atoms with Crippen molar-refractivity contribution in [3.05, 3.63) is 11.8 Å². The quantitative estimate of drug-likeness (QED) is 0.861. The van der Waals surface area contributed by atoms with Crippen molar-refractivity contribution in [2.45, 2.75) is 38.5 Å². The molecule has 2 fully saturated rings. The lowest BCUT2D eigenvalue weighted by atomic mass is 9.93. The van der Waals surface area contributed by atoms with Gasteiger partial charge in [-0.05, 0) is 43.1 Å². The predicted molar refractivity (Wildman–Crippen MR) is 106 cm³/mol. The Labute approximate surface area is 163 Å². The van der Waals surface area contributed by atoms with Gasteiger partial charge < -0.3 is 14.4 Å². The van der Waals surface area contributed by atoms with Crippen LogP contribution in [0, 0.1) is 5.92 Å². The minimum atomic E-state index is -0.0690. The number of nitrogens with one attached hydrogen (secondary N) is 1. The summed E-state index contributed by atoms with van der Waals surface area (Å²) in [5, 5.41) is 3.59. The van der Waals surface area contributed by atoms with Gasteiger partial charge in [0.15, 0.2) is 5.13 Å². The van der Waals surface area contributed by atoms with Crippen molar-refractivity contribution in [3.8, 4) is 5.88 Å². The van der Waals surface area contributed by atoms with Crippen LogP contribution in [0.4, 0.5) is 9.93 Å². The van der Waals surface area contributed by atoms with E-state index in [2.05, 4.69) is 22.2 Å². The van der Waals surface area contributed by atoms with Crippen molar-refractivity contribution in [1.29, 1.82) is 0 Å². The van der Waals surface area contributed by atoms with E-state index >= 15 is 0 Å². The van der Waals surface area contributed by atoms with Crippen molar-refractivity contribution in [2.75, 3.05) is 38.7 Å². The second kappa shape index (κ2) is 7.98. The zero-order valence-electron chi connectivity index (χ0n) is 15.9. The number of fused-ring (bicyclic) bond motifs is 1. The minimum Gasteiger partial charge on any atom is -0.479 e. The predicted octanol–water partition coefficient (Wildman–Crippen LogP) is 3.86. The monoisotopic (exact) mass is 390 g/mol. The molecular weight excluding hydrogens is 364 g/mol. The summed E-state index contributed by atoms with van der Waals surface area (Å²) in [7, 11) is 1.60. The average Bonchev–Trinajstić information content (AvgIpc) is 3.11. The molecule has 0 radical (unpaired) electrons. The maximum absolute atomic E-state index is 12.6. The smallest absolute Gasteiger partial charge is 0.323 e. The minimum absolute atomic E-state index is 0.0690. The molecule has 2 aromatic heterocycles. The molecule has 0 saturated carbocycles. The van der Waals surface area contributed by atoms with E-state index in [1.165, 1.54) is 16.9 Å². The number of anilines is 1. The standard InChI is InChI=1S/C19H26N4O3S/c1-12-3-7-23(8-4-12)19(24)22-18-21-15-16(27-18)14(11-20-17(15)25-2)13-5-9-26-10-6-13/h11-13H,3-10H2,1-2H3,(H,21,22,24).